The number of carbonyl (C=O) groups excluding carboxylic acids is 2. The summed E-state index contributed by atoms with van der Waals surface area (Å²) in [5, 5.41) is 3.93. The molecular weight excluding hydrogens is 348 g/mol. The molecular formula is C20H24N2O5. The van der Waals surface area contributed by atoms with E-state index >= 15 is 0 Å². The number of amides is 2. The Hall–Kier alpha value is -2.83. The van der Waals surface area contributed by atoms with E-state index in [9.17, 15) is 14.4 Å². The molecule has 2 heterocycles. The largest absolute Gasteiger partial charge is 0.444 e. The van der Waals surface area contributed by atoms with Crippen molar-refractivity contribution >= 4 is 22.8 Å². The average Bonchev–Trinajstić information content (AvgIpc) is 3.02. The van der Waals surface area contributed by atoms with Gasteiger partial charge in [-0.2, -0.15) is 0 Å². The monoisotopic (exact) mass is 372 g/mol. The number of carbonyl (C=O) groups is 2. The van der Waals surface area contributed by atoms with Gasteiger partial charge in [-0.05, 0) is 51.6 Å². The summed E-state index contributed by atoms with van der Waals surface area (Å²) in [6.45, 7) is 8.17. The first-order valence-electron chi connectivity index (χ1n) is 8.96. The molecule has 144 valence electrons. The van der Waals surface area contributed by atoms with Gasteiger partial charge in [-0.15, -0.1) is 0 Å². The van der Waals surface area contributed by atoms with Crippen LogP contribution in [0.5, 0.6) is 0 Å². The standard InChI is InChI=1S/C20H24N2O5/c1-12-5-6-13-10-16(26-18(24)15(13)9-12)17(23)21-14-7-8-22(11-14)19(25)27-20(2,3)4/h5-6,9-10,14H,7-8,11H2,1-4H3,(H,21,23). The van der Waals surface area contributed by atoms with Crippen molar-refractivity contribution in [3.63, 3.8) is 0 Å². The lowest BCUT2D eigenvalue weighted by Gasteiger charge is -2.24. The summed E-state index contributed by atoms with van der Waals surface area (Å²) in [5.74, 6) is -0.502. The van der Waals surface area contributed by atoms with E-state index in [2.05, 4.69) is 5.32 Å². The molecule has 1 aromatic carbocycles. The maximum Gasteiger partial charge on any atom is 0.410 e. The second-order valence-corrected chi connectivity index (χ2v) is 7.87. The zero-order chi connectivity index (χ0) is 19.8. The van der Waals surface area contributed by atoms with Crippen molar-refractivity contribution in [1.29, 1.82) is 0 Å². The molecule has 7 nitrogen and oxygen atoms in total. The van der Waals surface area contributed by atoms with Gasteiger partial charge in [-0.1, -0.05) is 17.7 Å². The van der Waals surface area contributed by atoms with Gasteiger partial charge in [0.05, 0.1) is 5.39 Å². The fourth-order valence-corrected chi connectivity index (χ4v) is 3.04. The molecule has 1 fully saturated rings. The third-order valence-corrected chi connectivity index (χ3v) is 4.32. The van der Waals surface area contributed by atoms with Crippen LogP contribution in [0.4, 0.5) is 4.79 Å². The van der Waals surface area contributed by atoms with E-state index in [0.29, 0.717) is 30.3 Å². The van der Waals surface area contributed by atoms with Gasteiger partial charge in [-0.3, -0.25) is 4.79 Å². The Labute approximate surface area is 157 Å². The molecule has 1 aliphatic heterocycles. The summed E-state index contributed by atoms with van der Waals surface area (Å²) in [6, 6.07) is 6.74. The molecule has 0 radical (unpaired) electrons. The lowest BCUT2D eigenvalue weighted by molar-refractivity contribution is 0.0290. The van der Waals surface area contributed by atoms with E-state index in [1.807, 2.05) is 33.8 Å². The smallest absolute Gasteiger partial charge is 0.410 e. The predicted octanol–water partition coefficient (Wildman–Crippen LogP) is 2.84. The van der Waals surface area contributed by atoms with Crippen LogP contribution < -0.4 is 10.9 Å². The van der Waals surface area contributed by atoms with Gasteiger partial charge in [-0.25, -0.2) is 9.59 Å². The van der Waals surface area contributed by atoms with Gasteiger partial charge in [0.25, 0.3) is 5.91 Å². The lowest BCUT2D eigenvalue weighted by Crippen LogP contribution is -2.40. The maximum atomic E-state index is 12.5. The third kappa shape index (κ3) is 4.48. The van der Waals surface area contributed by atoms with E-state index in [1.54, 1.807) is 23.1 Å². The zero-order valence-electron chi connectivity index (χ0n) is 16.0. The second-order valence-electron chi connectivity index (χ2n) is 7.87. The molecule has 3 rings (SSSR count). The van der Waals surface area contributed by atoms with Gasteiger partial charge < -0.3 is 19.4 Å². The van der Waals surface area contributed by atoms with E-state index in [1.165, 1.54) is 0 Å². The summed E-state index contributed by atoms with van der Waals surface area (Å²) in [4.78, 5) is 38.3. The summed E-state index contributed by atoms with van der Waals surface area (Å²) < 4.78 is 10.5. The van der Waals surface area contributed by atoms with Crippen molar-refractivity contribution in [3.8, 4) is 0 Å². The highest BCUT2D eigenvalue weighted by Crippen LogP contribution is 2.17. The number of nitrogens with zero attached hydrogens (tertiary/aromatic N) is 1. The van der Waals surface area contributed by atoms with Crippen molar-refractivity contribution in [3.05, 3.63) is 46.0 Å². The Morgan fingerprint density at radius 1 is 1.26 bits per heavy atom. The van der Waals surface area contributed by atoms with Crippen LogP contribution in [0.2, 0.25) is 0 Å². The van der Waals surface area contributed by atoms with Gasteiger partial charge in [0, 0.05) is 19.1 Å². The van der Waals surface area contributed by atoms with Crippen LogP contribution >= 0.6 is 0 Å². The van der Waals surface area contributed by atoms with E-state index in [-0.39, 0.29) is 11.8 Å². The minimum atomic E-state index is -0.564. The number of rotatable bonds is 2. The number of nitrogens with one attached hydrogen (secondary N) is 1. The molecule has 2 amide bonds. The highest BCUT2D eigenvalue weighted by Gasteiger charge is 2.31. The molecule has 1 N–H and O–H groups in total. The molecule has 1 saturated heterocycles. The summed E-state index contributed by atoms with van der Waals surface area (Å²) in [7, 11) is 0. The normalized spacial score (nSPS) is 17.2. The lowest BCUT2D eigenvalue weighted by atomic mass is 10.1. The molecule has 1 atom stereocenters. The fourth-order valence-electron chi connectivity index (χ4n) is 3.04. The van der Waals surface area contributed by atoms with Crippen LogP contribution in [-0.4, -0.2) is 41.6 Å². The Balaban J connectivity index is 1.68. The van der Waals surface area contributed by atoms with Gasteiger partial charge in [0.15, 0.2) is 5.76 Å². The van der Waals surface area contributed by atoms with Crippen molar-refractivity contribution in [2.24, 2.45) is 0 Å². The summed E-state index contributed by atoms with van der Waals surface area (Å²) in [5.41, 5.74) is -0.158. The van der Waals surface area contributed by atoms with Crippen LogP contribution in [-0.2, 0) is 4.74 Å². The van der Waals surface area contributed by atoms with Gasteiger partial charge in [0.1, 0.15) is 5.60 Å². The molecule has 0 bridgehead atoms. The number of fused-ring (bicyclic) bond motifs is 1. The Kier molecular flexibility index (Phi) is 4.95. The Morgan fingerprint density at radius 3 is 2.70 bits per heavy atom. The molecule has 0 saturated carbocycles. The number of ether oxygens (including phenoxy) is 1. The predicted molar refractivity (Wildman–Crippen MR) is 101 cm³/mol. The highest BCUT2D eigenvalue weighted by atomic mass is 16.6. The average molecular weight is 372 g/mol. The second kappa shape index (κ2) is 7.06. The molecule has 7 heteroatoms. The molecule has 27 heavy (non-hydrogen) atoms. The first-order chi connectivity index (χ1) is 12.6. The Morgan fingerprint density at radius 2 is 2.00 bits per heavy atom. The minimum absolute atomic E-state index is 0.0351. The number of likely N-dealkylation sites (tertiary alicyclic amines) is 1. The summed E-state index contributed by atoms with van der Waals surface area (Å²) in [6.07, 6.45) is 0.217. The topological polar surface area (TPSA) is 88.8 Å². The van der Waals surface area contributed by atoms with Crippen molar-refractivity contribution in [2.45, 2.75) is 45.8 Å². The fraction of sp³-hybridized carbons (Fsp3) is 0.450. The van der Waals surface area contributed by atoms with Crippen molar-refractivity contribution in [2.75, 3.05) is 13.1 Å². The molecule has 0 spiro atoms. The molecule has 1 aromatic heterocycles. The number of benzene rings is 1. The molecule has 0 aliphatic carbocycles. The maximum absolute atomic E-state index is 12.5. The van der Waals surface area contributed by atoms with Crippen LogP contribution in [0.1, 0.15) is 43.3 Å². The quantitative estimate of drug-likeness (QED) is 0.876. The zero-order valence-corrected chi connectivity index (χ0v) is 16.0. The van der Waals surface area contributed by atoms with E-state index < -0.39 is 23.2 Å². The summed E-state index contributed by atoms with van der Waals surface area (Å²) >= 11 is 0. The molecule has 1 aliphatic rings. The van der Waals surface area contributed by atoms with Gasteiger partial charge in [0.2, 0.25) is 0 Å². The van der Waals surface area contributed by atoms with Crippen molar-refractivity contribution in [1.82, 2.24) is 10.2 Å². The molecule has 1 unspecified atom stereocenters. The molecule has 2 aromatic rings. The number of aryl methyl sites for hydroxylation is 1. The third-order valence-electron chi connectivity index (χ3n) is 4.32. The number of hydrogen-bond donors (Lipinski definition) is 1. The minimum Gasteiger partial charge on any atom is -0.444 e. The van der Waals surface area contributed by atoms with Crippen LogP contribution in [0.25, 0.3) is 10.8 Å². The van der Waals surface area contributed by atoms with Crippen molar-refractivity contribution < 1.29 is 18.7 Å². The number of hydrogen-bond acceptors (Lipinski definition) is 5. The van der Waals surface area contributed by atoms with E-state index in [0.717, 1.165) is 5.56 Å². The van der Waals surface area contributed by atoms with E-state index in [4.69, 9.17) is 9.15 Å². The first-order valence-corrected chi connectivity index (χ1v) is 8.96. The highest BCUT2D eigenvalue weighted by molar-refractivity contribution is 5.95. The van der Waals surface area contributed by atoms with Crippen LogP contribution in [0.15, 0.2) is 33.5 Å². The SMILES string of the molecule is Cc1ccc2cc(C(=O)NC3CCN(C(=O)OC(C)(C)C)C3)oc(=O)c2c1. The van der Waals surface area contributed by atoms with Crippen LogP contribution in [0, 0.1) is 6.92 Å². The van der Waals surface area contributed by atoms with Crippen LogP contribution in [0.3, 0.4) is 0 Å². The first kappa shape index (κ1) is 18.9. The van der Waals surface area contributed by atoms with Gasteiger partial charge >= 0.3 is 11.7 Å². The Bertz CT molecular complexity index is 942.